The molecule has 0 fully saturated rings. The summed E-state index contributed by atoms with van der Waals surface area (Å²) < 4.78 is 9.88. The predicted octanol–water partition coefficient (Wildman–Crippen LogP) is 1.77. The summed E-state index contributed by atoms with van der Waals surface area (Å²) in [7, 11) is 1.29. The van der Waals surface area contributed by atoms with Crippen LogP contribution in [0.4, 0.5) is 0 Å². The maximum Gasteiger partial charge on any atom is 0.346 e. The number of carbonyl (C=O) groups is 1. The van der Waals surface area contributed by atoms with Gasteiger partial charge < -0.3 is 14.6 Å². The number of benzene rings is 1. The lowest BCUT2D eigenvalue weighted by Crippen LogP contribution is -2.25. The molecule has 88 valence electrons. The fourth-order valence-corrected chi connectivity index (χ4v) is 1.39. The van der Waals surface area contributed by atoms with Crippen molar-refractivity contribution in [2.45, 2.75) is 19.6 Å². The summed E-state index contributed by atoms with van der Waals surface area (Å²) >= 11 is 5.76. The Labute approximate surface area is 98.7 Å². The van der Waals surface area contributed by atoms with Crippen molar-refractivity contribution in [2.24, 2.45) is 0 Å². The van der Waals surface area contributed by atoms with Gasteiger partial charge >= 0.3 is 5.97 Å². The van der Waals surface area contributed by atoms with Crippen LogP contribution in [0.15, 0.2) is 18.2 Å². The van der Waals surface area contributed by atoms with E-state index in [9.17, 15) is 4.79 Å². The van der Waals surface area contributed by atoms with E-state index in [1.54, 1.807) is 25.1 Å². The number of ether oxygens (including phenoxy) is 2. The molecule has 0 aliphatic rings. The first kappa shape index (κ1) is 12.8. The first-order valence-corrected chi connectivity index (χ1v) is 5.10. The summed E-state index contributed by atoms with van der Waals surface area (Å²) in [5.74, 6) is -0.0522. The maximum absolute atomic E-state index is 11.1. The molecule has 0 heterocycles. The minimum atomic E-state index is -0.725. The Bertz CT molecular complexity index is 378. The van der Waals surface area contributed by atoms with Gasteiger partial charge in [-0.05, 0) is 25.1 Å². The third kappa shape index (κ3) is 3.12. The van der Waals surface area contributed by atoms with Gasteiger partial charge in [0.15, 0.2) is 6.10 Å². The molecule has 0 aromatic heterocycles. The van der Waals surface area contributed by atoms with Gasteiger partial charge in [0, 0.05) is 10.6 Å². The average molecular weight is 245 g/mol. The predicted molar refractivity (Wildman–Crippen MR) is 59.5 cm³/mol. The zero-order valence-electron chi connectivity index (χ0n) is 9.07. The van der Waals surface area contributed by atoms with E-state index < -0.39 is 12.1 Å². The Morgan fingerprint density at radius 2 is 2.25 bits per heavy atom. The number of hydrogen-bond donors (Lipinski definition) is 1. The van der Waals surface area contributed by atoms with Crippen molar-refractivity contribution >= 4 is 17.6 Å². The number of hydrogen-bond acceptors (Lipinski definition) is 4. The van der Waals surface area contributed by atoms with Crippen LogP contribution >= 0.6 is 11.6 Å². The van der Waals surface area contributed by atoms with Crippen LogP contribution in [0.2, 0.25) is 5.02 Å². The van der Waals surface area contributed by atoms with Gasteiger partial charge in [0.25, 0.3) is 0 Å². The quantitative estimate of drug-likeness (QED) is 0.821. The van der Waals surface area contributed by atoms with E-state index in [1.165, 1.54) is 7.11 Å². The highest BCUT2D eigenvalue weighted by molar-refractivity contribution is 6.30. The second-order valence-electron chi connectivity index (χ2n) is 3.19. The molecule has 0 saturated carbocycles. The molecule has 1 aromatic rings. The van der Waals surface area contributed by atoms with E-state index in [0.717, 1.165) is 0 Å². The van der Waals surface area contributed by atoms with Crippen LogP contribution in [-0.2, 0) is 16.1 Å². The molecule has 0 aliphatic carbocycles. The topological polar surface area (TPSA) is 55.8 Å². The van der Waals surface area contributed by atoms with Crippen LogP contribution in [0.3, 0.4) is 0 Å². The molecule has 1 aromatic carbocycles. The Balaban J connectivity index is 2.84. The standard InChI is InChI=1S/C11H13ClO4/c1-7(11(14)15-2)16-10-4-3-9(12)5-8(10)6-13/h3-5,7,13H,6H2,1-2H3. The lowest BCUT2D eigenvalue weighted by atomic mass is 10.2. The molecule has 0 aliphatic heterocycles. The molecule has 1 atom stereocenters. The lowest BCUT2D eigenvalue weighted by molar-refractivity contribution is -0.147. The van der Waals surface area contributed by atoms with Crippen LogP contribution in [0.5, 0.6) is 5.75 Å². The Hall–Kier alpha value is -1.26. The van der Waals surface area contributed by atoms with Crippen molar-refractivity contribution in [1.29, 1.82) is 0 Å². The number of aliphatic hydroxyl groups is 1. The molecule has 0 saturated heterocycles. The zero-order valence-corrected chi connectivity index (χ0v) is 9.82. The molecule has 16 heavy (non-hydrogen) atoms. The highest BCUT2D eigenvalue weighted by atomic mass is 35.5. The number of carbonyl (C=O) groups excluding carboxylic acids is 1. The number of aliphatic hydroxyl groups excluding tert-OH is 1. The van der Waals surface area contributed by atoms with E-state index in [4.69, 9.17) is 21.4 Å². The molecule has 0 spiro atoms. The average Bonchev–Trinajstić information content (AvgIpc) is 2.30. The molecular formula is C11H13ClO4. The van der Waals surface area contributed by atoms with Crippen molar-refractivity contribution < 1.29 is 19.4 Å². The van der Waals surface area contributed by atoms with Gasteiger partial charge in [0.05, 0.1) is 13.7 Å². The third-order valence-corrected chi connectivity index (χ3v) is 2.26. The van der Waals surface area contributed by atoms with Crippen LogP contribution in [-0.4, -0.2) is 24.3 Å². The SMILES string of the molecule is COC(=O)C(C)Oc1ccc(Cl)cc1CO. The minimum absolute atomic E-state index is 0.205. The van der Waals surface area contributed by atoms with Gasteiger partial charge in [-0.2, -0.15) is 0 Å². The normalized spacial score (nSPS) is 12.0. The largest absolute Gasteiger partial charge is 0.479 e. The van der Waals surface area contributed by atoms with E-state index >= 15 is 0 Å². The van der Waals surface area contributed by atoms with E-state index in [0.29, 0.717) is 16.3 Å². The van der Waals surface area contributed by atoms with Gasteiger partial charge in [0.2, 0.25) is 0 Å². The lowest BCUT2D eigenvalue weighted by Gasteiger charge is -2.15. The molecular weight excluding hydrogens is 232 g/mol. The van der Waals surface area contributed by atoms with Crippen LogP contribution in [0.25, 0.3) is 0 Å². The molecule has 1 unspecified atom stereocenters. The van der Waals surface area contributed by atoms with Crippen molar-refractivity contribution in [1.82, 2.24) is 0 Å². The molecule has 1 rings (SSSR count). The number of methoxy groups -OCH3 is 1. The first-order chi connectivity index (χ1) is 7.58. The van der Waals surface area contributed by atoms with Crippen molar-refractivity contribution in [2.75, 3.05) is 7.11 Å². The molecule has 5 heteroatoms. The van der Waals surface area contributed by atoms with Gasteiger partial charge in [-0.25, -0.2) is 4.79 Å². The monoisotopic (exact) mass is 244 g/mol. The second kappa shape index (κ2) is 5.72. The second-order valence-corrected chi connectivity index (χ2v) is 3.63. The highest BCUT2D eigenvalue weighted by Crippen LogP contribution is 2.24. The zero-order chi connectivity index (χ0) is 12.1. The summed E-state index contributed by atoms with van der Waals surface area (Å²) in [6.07, 6.45) is -0.725. The minimum Gasteiger partial charge on any atom is -0.479 e. The van der Waals surface area contributed by atoms with Gasteiger partial charge in [-0.15, -0.1) is 0 Å². The van der Waals surface area contributed by atoms with E-state index in [1.807, 2.05) is 0 Å². The van der Waals surface area contributed by atoms with Crippen molar-refractivity contribution in [3.05, 3.63) is 28.8 Å². The Kier molecular flexibility index (Phi) is 4.58. The molecule has 0 bridgehead atoms. The number of rotatable bonds is 4. The van der Waals surface area contributed by atoms with Crippen LogP contribution < -0.4 is 4.74 Å². The molecule has 0 radical (unpaired) electrons. The molecule has 1 N–H and O–H groups in total. The van der Waals surface area contributed by atoms with E-state index in [-0.39, 0.29) is 6.61 Å². The summed E-state index contributed by atoms with van der Waals surface area (Å²) in [4.78, 5) is 11.1. The summed E-state index contributed by atoms with van der Waals surface area (Å²) in [5.41, 5.74) is 0.531. The smallest absolute Gasteiger partial charge is 0.346 e. The number of halogens is 1. The van der Waals surface area contributed by atoms with Crippen LogP contribution in [0, 0.1) is 0 Å². The first-order valence-electron chi connectivity index (χ1n) is 4.72. The molecule has 4 nitrogen and oxygen atoms in total. The third-order valence-electron chi connectivity index (χ3n) is 2.03. The fourth-order valence-electron chi connectivity index (χ4n) is 1.19. The van der Waals surface area contributed by atoms with Gasteiger partial charge in [-0.3, -0.25) is 0 Å². The van der Waals surface area contributed by atoms with Crippen molar-refractivity contribution in [3.63, 3.8) is 0 Å². The molecule has 0 amide bonds. The van der Waals surface area contributed by atoms with Gasteiger partial charge in [0.1, 0.15) is 5.75 Å². The highest BCUT2D eigenvalue weighted by Gasteiger charge is 2.16. The summed E-state index contributed by atoms with van der Waals surface area (Å²) in [6, 6.07) is 4.81. The summed E-state index contributed by atoms with van der Waals surface area (Å²) in [6.45, 7) is 1.37. The fraction of sp³-hybridized carbons (Fsp3) is 0.364. The maximum atomic E-state index is 11.1. The van der Waals surface area contributed by atoms with Gasteiger partial charge in [-0.1, -0.05) is 11.6 Å². The Morgan fingerprint density at radius 1 is 1.56 bits per heavy atom. The number of esters is 1. The van der Waals surface area contributed by atoms with E-state index in [2.05, 4.69) is 4.74 Å². The van der Waals surface area contributed by atoms with Crippen molar-refractivity contribution in [3.8, 4) is 5.75 Å². The van der Waals surface area contributed by atoms with Crippen LogP contribution in [0.1, 0.15) is 12.5 Å². The summed E-state index contributed by atoms with van der Waals surface area (Å²) in [5, 5.41) is 9.60. The Morgan fingerprint density at radius 3 is 2.81 bits per heavy atom.